The van der Waals surface area contributed by atoms with Crippen molar-refractivity contribution in [3.05, 3.63) is 11.5 Å². The molecule has 4 nitrogen and oxygen atoms in total. The Labute approximate surface area is 131 Å². The van der Waals surface area contributed by atoms with Crippen molar-refractivity contribution in [1.29, 1.82) is 0 Å². The highest BCUT2D eigenvalue weighted by atomic mass is 35.5. The summed E-state index contributed by atoms with van der Waals surface area (Å²) in [6.45, 7) is 5.57. The van der Waals surface area contributed by atoms with Gasteiger partial charge in [-0.3, -0.25) is 4.68 Å². The number of aromatic nitrogens is 4. The van der Waals surface area contributed by atoms with Crippen molar-refractivity contribution >= 4 is 22.8 Å². The van der Waals surface area contributed by atoms with Gasteiger partial charge in [-0.2, -0.15) is 5.10 Å². The molecule has 116 valence electrons. The molecule has 2 heterocycles. The van der Waals surface area contributed by atoms with Gasteiger partial charge in [-0.1, -0.05) is 26.7 Å². The fourth-order valence-corrected chi connectivity index (χ4v) is 3.94. The fourth-order valence-electron chi connectivity index (χ4n) is 3.73. The van der Waals surface area contributed by atoms with Gasteiger partial charge in [0, 0.05) is 13.6 Å². The number of hydrogen-bond acceptors (Lipinski definition) is 2. The van der Waals surface area contributed by atoms with Crippen molar-refractivity contribution in [1.82, 2.24) is 19.3 Å². The number of fused-ring (bicyclic) bond motifs is 1. The van der Waals surface area contributed by atoms with E-state index in [9.17, 15) is 0 Å². The molecule has 0 saturated heterocycles. The van der Waals surface area contributed by atoms with Crippen LogP contribution >= 0.6 is 11.6 Å². The van der Waals surface area contributed by atoms with Crippen LogP contribution in [0, 0.1) is 11.8 Å². The van der Waals surface area contributed by atoms with E-state index in [1.807, 2.05) is 11.7 Å². The number of alkyl halides is 1. The molecule has 1 saturated carbocycles. The van der Waals surface area contributed by atoms with Crippen molar-refractivity contribution < 1.29 is 0 Å². The van der Waals surface area contributed by atoms with Gasteiger partial charge >= 0.3 is 0 Å². The number of aryl methyl sites for hydroxylation is 2. The Bertz CT molecular complexity index is 628. The van der Waals surface area contributed by atoms with Crippen LogP contribution in [-0.2, 0) is 25.9 Å². The van der Waals surface area contributed by atoms with Crippen molar-refractivity contribution in [2.24, 2.45) is 18.9 Å². The Morgan fingerprint density at radius 2 is 2.14 bits per heavy atom. The molecular formula is C16H25ClN4. The third kappa shape index (κ3) is 2.70. The number of hydrogen-bond donors (Lipinski definition) is 0. The van der Waals surface area contributed by atoms with Crippen LogP contribution in [0.25, 0.3) is 11.2 Å². The lowest BCUT2D eigenvalue weighted by Gasteiger charge is -2.13. The minimum Gasteiger partial charge on any atom is -0.312 e. The quantitative estimate of drug-likeness (QED) is 0.785. The Morgan fingerprint density at radius 1 is 1.33 bits per heavy atom. The van der Waals surface area contributed by atoms with Gasteiger partial charge in [0.25, 0.3) is 0 Å². The first kappa shape index (κ1) is 14.9. The number of halogens is 1. The molecule has 1 aliphatic carbocycles. The maximum atomic E-state index is 6.14. The normalized spacial score (nSPS) is 22.5. The third-order valence-electron chi connectivity index (χ3n) is 4.72. The molecule has 0 radical (unpaired) electrons. The first-order valence-electron chi connectivity index (χ1n) is 8.11. The molecule has 2 aromatic rings. The number of imidazole rings is 1. The monoisotopic (exact) mass is 308 g/mol. The van der Waals surface area contributed by atoms with Crippen LogP contribution in [0.2, 0.25) is 0 Å². The van der Waals surface area contributed by atoms with Gasteiger partial charge in [-0.15, -0.1) is 11.6 Å². The highest BCUT2D eigenvalue weighted by Gasteiger charge is 2.25. The summed E-state index contributed by atoms with van der Waals surface area (Å²) in [4.78, 5) is 4.78. The molecule has 21 heavy (non-hydrogen) atoms. The highest BCUT2D eigenvalue weighted by molar-refractivity contribution is 6.16. The van der Waals surface area contributed by atoms with Crippen LogP contribution in [0.3, 0.4) is 0 Å². The van der Waals surface area contributed by atoms with Gasteiger partial charge in [0.1, 0.15) is 11.3 Å². The van der Waals surface area contributed by atoms with E-state index in [2.05, 4.69) is 23.5 Å². The summed E-state index contributed by atoms with van der Waals surface area (Å²) < 4.78 is 4.30. The Balaban J connectivity index is 1.99. The second-order valence-corrected chi connectivity index (χ2v) is 6.82. The van der Waals surface area contributed by atoms with E-state index in [1.165, 1.54) is 19.3 Å². The summed E-state index contributed by atoms with van der Waals surface area (Å²) in [6.07, 6.45) is 6.07. The van der Waals surface area contributed by atoms with E-state index in [1.54, 1.807) is 0 Å². The smallest absolute Gasteiger partial charge is 0.158 e. The maximum absolute atomic E-state index is 6.14. The van der Waals surface area contributed by atoms with E-state index in [0.29, 0.717) is 5.88 Å². The molecule has 5 heteroatoms. The second-order valence-electron chi connectivity index (χ2n) is 6.55. The van der Waals surface area contributed by atoms with Crippen LogP contribution < -0.4 is 0 Å². The summed E-state index contributed by atoms with van der Waals surface area (Å²) in [5, 5.41) is 4.66. The first-order chi connectivity index (χ1) is 10.1. The van der Waals surface area contributed by atoms with Crippen molar-refractivity contribution in [2.45, 2.75) is 58.4 Å². The molecule has 0 amide bonds. The predicted octanol–water partition coefficient (Wildman–Crippen LogP) is 3.90. The molecule has 0 aliphatic heterocycles. The molecular weight excluding hydrogens is 284 g/mol. The standard InChI is InChI=1S/C16H25ClN4/c1-4-5-13-15-16(20(3)19-13)21(14(9-17)18-15)10-12-7-6-11(2)8-12/h11-12H,4-10H2,1-3H3. The van der Waals surface area contributed by atoms with Crippen LogP contribution in [-0.4, -0.2) is 19.3 Å². The van der Waals surface area contributed by atoms with E-state index in [4.69, 9.17) is 16.6 Å². The molecule has 2 aromatic heterocycles. The van der Waals surface area contributed by atoms with Crippen molar-refractivity contribution in [3.63, 3.8) is 0 Å². The zero-order valence-corrected chi connectivity index (χ0v) is 14.0. The minimum absolute atomic E-state index is 0.475. The Morgan fingerprint density at radius 3 is 2.76 bits per heavy atom. The zero-order valence-electron chi connectivity index (χ0n) is 13.3. The Hall–Kier alpha value is -1.03. The average molecular weight is 309 g/mol. The minimum atomic E-state index is 0.475. The van der Waals surface area contributed by atoms with Crippen molar-refractivity contribution in [2.75, 3.05) is 0 Å². The molecule has 3 rings (SSSR count). The van der Waals surface area contributed by atoms with Gasteiger partial charge < -0.3 is 4.57 Å². The maximum Gasteiger partial charge on any atom is 0.158 e. The van der Waals surface area contributed by atoms with Gasteiger partial charge in [0.15, 0.2) is 5.65 Å². The fraction of sp³-hybridized carbons (Fsp3) is 0.750. The summed E-state index contributed by atoms with van der Waals surface area (Å²) in [6, 6.07) is 0. The van der Waals surface area contributed by atoms with E-state index < -0.39 is 0 Å². The lowest BCUT2D eigenvalue weighted by Crippen LogP contribution is -2.12. The molecule has 0 spiro atoms. The average Bonchev–Trinajstić information content (AvgIpc) is 3.09. The predicted molar refractivity (Wildman–Crippen MR) is 86.6 cm³/mol. The lowest BCUT2D eigenvalue weighted by molar-refractivity contribution is 0.437. The molecule has 0 N–H and O–H groups in total. The van der Waals surface area contributed by atoms with Gasteiger partial charge in [-0.05, 0) is 31.1 Å². The molecule has 1 fully saturated rings. The Kier molecular flexibility index (Phi) is 4.25. The zero-order chi connectivity index (χ0) is 15.0. The van der Waals surface area contributed by atoms with Crippen LogP contribution in [0.15, 0.2) is 0 Å². The van der Waals surface area contributed by atoms with Crippen LogP contribution in [0.1, 0.15) is 51.0 Å². The van der Waals surface area contributed by atoms with E-state index >= 15 is 0 Å². The number of rotatable bonds is 5. The van der Waals surface area contributed by atoms with Crippen LogP contribution in [0.5, 0.6) is 0 Å². The second kappa shape index (κ2) is 5.99. The topological polar surface area (TPSA) is 35.6 Å². The third-order valence-corrected chi connectivity index (χ3v) is 4.96. The number of nitrogens with zero attached hydrogens (tertiary/aromatic N) is 4. The van der Waals surface area contributed by atoms with Gasteiger partial charge in [-0.25, -0.2) is 4.98 Å². The molecule has 2 atom stereocenters. The molecule has 0 aromatic carbocycles. The first-order valence-corrected chi connectivity index (χ1v) is 8.64. The SMILES string of the molecule is CCCc1nn(C)c2c1nc(CCl)n2CC1CCC(C)C1. The largest absolute Gasteiger partial charge is 0.312 e. The van der Waals surface area contributed by atoms with E-state index in [0.717, 1.165) is 53.9 Å². The summed E-state index contributed by atoms with van der Waals surface area (Å²) in [7, 11) is 2.02. The highest BCUT2D eigenvalue weighted by Crippen LogP contribution is 2.33. The van der Waals surface area contributed by atoms with Crippen molar-refractivity contribution in [3.8, 4) is 0 Å². The molecule has 2 unspecified atom stereocenters. The molecule has 1 aliphatic rings. The molecule has 0 bridgehead atoms. The lowest BCUT2D eigenvalue weighted by atomic mass is 10.1. The summed E-state index contributed by atoms with van der Waals surface area (Å²) in [5.41, 5.74) is 3.31. The van der Waals surface area contributed by atoms with Gasteiger partial charge in [0.2, 0.25) is 0 Å². The van der Waals surface area contributed by atoms with Crippen LogP contribution in [0.4, 0.5) is 0 Å². The summed E-state index contributed by atoms with van der Waals surface area (Å²) >= 11 is 6.14. The van der Waals surface area contributed by atoms with E-state index in [-0.39, 0.29) is 0 Å². The van der Waals surface area contributed by atoms with Gasteiger partial charge in [0.05, 0.1) is 11.6 Å². The summed E-state index contributed by atoms with van der Waals surface area (Å²) in [5.74, 6) is 3.08.